The van der Waals surface area contributed by atoms with Gasteiger partial charge in [-0.1, -0.05) is 6.92 Å². The van der Waals surface area contributed by atoms with Crippen molar-refractivity contribution in [2.24, 2.45) is 0 Å². The van der Waals surface area contributed by atoms with Crippen LogP contribution in [0.2, 0.25) is 0 Å². The number of aromatic nitrogens is 3. The number of hydrogen-bond donors (Lipinski definition) is 3. The minimum atomic E-state index is -0.258. The highest BCUT2D eigenvalue weighted by Gasteiger charge is 2.31. The third-order valence-corrected chi connectivity index (χ3v) is 2.61. The van der Waals surface area contributed by atoms with Crippen molar-refractivity contribution in [2.45, 2.75) is 25.3 Å². The van der Waals surface area contributed by atoms with Crippen molar-refractivity contribution in [2.75, 3.05) is 19.8 Å². The Balaban J connectivity index is 2.04. The molecule has 2 atom stereocenters. The van der Waals surface area contributed by atoms with Crippen molar-refractivity contribution >= 4 is 0 Å². The molecule has 0 aliphatic carbocycles. The Hall–Kier alpha value is -1.14. The third kappa shape index (κ3) is 2.27. The predicted molar refractivity (Wildman–Crippen MR) is 54.9 cm³/mol. The monoisotopic (exact) mass is 212 g/mol. The number of aromatic amines is 2. The maximum Gasteiger partial charge on any atom is 0.340 e. The summed E-state index contributed by atoms with van der Waals surface area (Å²) in [4.78, 5) is 13.6. The van der Waals surface area contributed by atoms with Crippen LogP contribution in [0.3, 0.4) is 0 Å². The van der Waals surface area contributed by atoms with Crippen molar-refractivity contribution in [3.8, 4) is 0 Å². The van der Waals surface area contributed by atoms with E-state index in [1.807, 2.05) is 0 Å². The highest BCUT2D eigenvalue weighted by atomic mass is 16.5. The molecule has 84 valence electrons. The lowest BCUT2D eigenvalue weighted by Gasteiger charge is -2.15. The number of rotatable bonds is 4. The lowest BCUT2D eigenvalue weighted by molar-refractivity contribution is 0.187. The molecule has 2 rings (SSSR count). The third-order valence-electron chi connectivity index (χ3n) is 2.61. The Kier molecular flexibility index (Phi) is 3.17. The second-order valence-electron chi connectivity index (χ2n) is 3.77. The van der Waals surface area contributed by atoms with Crippen molar-refractivity contribution in [1.29, 1.82) is 0 Å². The molecule has 1 aliphatic heterocycles. The van der Waals surface area contributed by atoms with E-state index in [4.69, 9.17) is 4.74 Å². The lowest BCUT2D eigenvalue weighted by Crippen LogP contribution is -2.35. The lowest BCUT2D eigenvalue weighted by atomic mass is 10.0. The fraction of sp³-hybridized carbons (Fsp3) is 0.778. The first-order valence-corrected chi connectivity index (χ1v) is 5.27. The van der Waals surface area contributed by atoms with Crippen LogP contribution in [0.15, 0.2) is 4.79 Å². The van der Waals surface area contributed by atoms with Crippen molar-refractivity contribution in [1.82, 2.24) is 20.5 Å². The molecule has 1 aliphatic rings. The topological polar surface area (TPSA) is 82.8 Å². The van der Waals surface area contributed by atoms with Gasteiger partial charge in [-0.15, -0.1) is 0 Å². The van der Waals surface area contributed by atoms with Crippen LogP contribution in [0.1, 0.15) is 25.1 Å². The van der Waals surface area contributed by atoms with Crippen molar-refractivity contribution in [3.05, 3.63) is 16.3 Å². The molecule has 0 saturated carbocycles. The molecule has 2 heterocycles. The molecule has 1 saturated heterocycles. The van der Waals surface area contributed by atoms with Gasteiger partial charge in [0, 0.05) is 6.04 Å². The van der Waals surface area contributed by atoms with E-state index in [9.17, 15) is 4.79 Å². The molecule has 1 fully saturated rings. The van der Waals surface area contributed by atoms with Gasteiger partial charge in [0.05, 0.1) is 19.1 Å². The van der Waals surface area contributed by atoms with E-state index in [1.165, 1.54) is 0 Å². The zero-order valence-corrected chi connectivity index (χ0v) is 8.75. The standard InChI is InChI=1S/C9H16N4O2/c1-2-3-10-7-5-15-4-6(7)8-11-9(14)13-12-8/h6-7,10H,2-5H2,1H3,(H2,11,12,13,14). The average Bonchev–Trinajstić information content (AvgIpc) is 2.82. The molecular formula is C9H16N4O2. The summed E-state index contributed by atoms with van der Waals surface area (Å²) in [6, 6.07) is 0.254. The summed E-state index contributed by atoms with van der Waals surface area (Å²) in [6.07, 6.45) is 1.08. The van der Waals surface area contributed by atoms with E-state index >= 15 is 0 Å². The molecule has 2 unspecified atom stereocenters. The van der Waals surface area contributed by atoms with E-state index in [2.05, 4.69) is 27.4 Å². The molecule has 1 aromatic heterocycles. The molecular weight excluding hydrogens is 196 g/mol. The normalized spacial score (nSPS) is 25.9. The first kappa shape index (κ1) is 10.4. The minimum Gasteiger partial charge on any atom is -0.379 e. The van der Waals surface area contributed by atoms with Crippen LogP contribution in [-0.4, -0.2) is 41.0 Å². The predicted octanol–water partition coefficient (Wildman–Crippen LogP) is -0.420. The molecule has 15 heavy (non-hydrogen) atoms. The van der Waals surface area contributed by atoms with Gasteiger partial charge in [-0.25, -0.2) is 9.89 Å². The zero-order valence-electron chi connectivity index (χ0n) is 8.75. The van der Waals surface area contributed by atoms with E-state index in [-0.39, 0.29) is 17.6 Å². The van der Waals surface area contributed by atoms with Crippen LogP contribution in [0.4, 0.5) is 0 Å². The number of H-pyrrole nitrogens is 2. The number of ether oxygens (including phenoxy) is 1. The SMILES string of the molecule is CCCNC1COCC1c1n[nH]c(=O)[nH]1. The van der Waals surface area contributed by atoms with Crippen molar-refractivity contribution < 1.29 is 4.74 Å². The van der Waals surface area contributed by atoms with Gasteiger partial charge in [0.1, 0.15) is 5.82 Å². The molecule has 0 spiro atoms. The highest BCUT2D eigenvalue weighted by Crippen LogP contribution is 2.21. The molecule has 0 amide bonds. The summed E-state index contributed by atoms with van der Waals surface area (Å²) in [5.74, 6) is 0.835. The van der Waals surface area contributed by atoms with Crippen molar-refractivity contribution in [3.63, 3.8) is 0 Å². The van der Waals surface area contributed by atoms with Crippen LogP contribution >= 0.6 is 0 Å². The Morgan fingerprint density at radius 2 is 2.47 bits per heavy atom. The average molecular weight is 212 g/mol. The second-order valence-corrected chi connectivity index (χ2v) is 3.77. The first-order chi connectivity index (χ1) is 7.31. The van der Waals surface area contributed by atoms with Gasteiger partial charge in [-0.2, -0.15) is 5.10 Å². The van der Waals surface area contributed by atoms with Crippen LogP contribution in [0.5, 0.6) is 0 Å². The maximum absolute atomic E-state index is 10.9. The van der Waals surface area contributed by atoms with E-state index in [0.717, 1.165) is 13.0 Å². The van der Waals surface area contributed by atoms with Gasteiger partial charge in [-0.3, -0.25) is 4.98 Å². The van der Waals surface area contributed by atoms with Crippen LogP contribution in [0, 0.1) is 0 Å². The number of nitrogens with zero attached hydrogens (tertiary/aromatic N) is 1. The quantitative estimate of drug-likeness (QED) is 0.633. The number of nitrogens with one attached hydrogen (secondary N) is 3. The molecule has 3 N–H and O–H groups in total. The largest absolute Gasteiger partial charge is 0.379 e. The first-order valence-electron chi connectivity index (χ1n) is 5.27. The van der Waals surface area contributed by atoms with Crippen LogP contribution < -0.4 is 11.0 Å². The van der Waals surface area contributed by atoms with E-state index in [0.29, 0.717) is 19.0 Å². The second kappa shape index (κ2) is 4.59. The Morgan fingerprint density at radius 3 is 3.13 bits per heavy atom. The summed E-state index contributed by atoms with van der Waals surface area (Å²) in [6.45, 7) is 4.37. The minimum absolute atomic E-state index is 0.149. The van der Waals surface area contributed by atoms with Gasteiger partial charge < -0.3 is 10.1 Å². The summed E-state index contributed by atoms with van der Waals surface area (Å²) < 4.78 is 5.39. The highest BCUT2D eigenvalue weighted by molar-refractivity contribution is 5.02. The van der Waals surface area contributed by atoms with Gasteiger partial charge >= 0.3 is 5.69 Å². The van der Waals surface area contributed by atoms with Crippen LogP contribution in [-0.2, 0) is 4.74 Å². The summed E-state index contributed by atoms with van der Waals surface area (Å²) in [5, 5.41) is 9.71. The Labute approximate surface area is 87.4 Å². The smallest absolute Gasteiger partial charge is 0.340 e. The van der Waals surface area contributed by atoms with Crippen LogP contribution in [0.25, 0.3) is 0 Å². The Bertz CT molecular complexity index is 359. The summed E-state index contributed by atoms with van der Waals surface area (Å²) in [7, 11) is 0. The van der Waals surface area contributed by atoms with Gasteiger partial charge in [0.25, 0.3) is 0 Å². The van der Waals surface area contributed by atoms with E-state index in [1.54, 1.807) is 0 Å². The summed E-state index contributed by atoms with van der Waals surface area (Å²) >= 11 is 0. The van der Waals surface area contributed by atoms with Gasteiger partial charge in [0.15, 0.2) is 0 Å². The van der Waals surface area contributed by atoms with E-state index < -0.39 is 0 Å². The molecule has 0 aromatic carbocycles. The molecule has 6 nitrogen and oxygen atoms in total. The zero-order chi connectivity index (χ0) is 10.7. The molecule has 1 aromatic rings. The number of hydrogen-bond acceptors (Lipinski definition) is 4. The fourth-order valence-corrected chi connectivity index (χ4v) is 1.81. The summed E-state index contributed by atoms with van der Waals surface area (Å²) in [5.41, 5.74) is -0.258. The molecule has 0 bridgehead atoms. The Morgan fingerprint density at radius 1 is 1.60 bits per heavy atom. The molecule has 6 heteroatoms. The van der Waals surface area contributed by atoms with Gasteiger partial charge in [-0.05, 0) is 13.0 Å². The molecule has 0 radical (unpaired) electrons. The van der Waals surface area contributed by atoms with Gasteiger partial charge in [0.2, 0.25) is 0 Å². The fourth-order valence-electron chi connectivity index (χ4n) is 1.81. The maximum atomic E-state index is 10.9.